The summed E-state index contributed by atoms with van der Waals surface area (Å²) in [6.07, 6.45) is 3.90. The first-order valence-corrected chi connectivity index (χ1v) is 30.2. The zero-order chi connectivity index (χ0) is 60.3. The Morgan fingerprint density at radius 1 is 0.133 bits per heavy atom. The summed E-state index contributed by atoms with van der Waals surface area (Å²) in [6, 6.07) is 127. The number of hydrogen-bond donors (Lipinski definition) is 0. The van der Waals surface area contributed by atoms with Crippen LogP contribution in [0.2, 0.25) is 0 Å². The van der Waals surface area contributed by atoms with Crippen molar-refractivity contribution in [3.8, 4) is 11.1 Å². The Bertz CT molecular complexity index is 3810. The van der Waals surface area contributed by atoms with Gasteiger partial charge in [0.25, 0.3) is 0 Å². The van der Waals surface area contributed by atoms with Crippen LogP contribution in [0.5, 0.6) is 0 Å². The second-order valence-corrected chi connectivity index (χ2v) is 21.6. The van der Waals surface area contributed by atoms with Gasteiger partial charge < -0.3 is 19.6 Å². The number of para-hydroxylation sites is 8. The third kappa shape index (κ3) is 12.0. The molecule has 0 saturated heterocycles. The van der Waals surface area contributed by atoms with Gasteiger partial charge >= 0.3 is 0 Å². The molecular formula is C82H62N8. The van der Waals surface area contributed by atoms with E-state index < -0.39 is 0 Å². The Kier molecular flexibility index (Phi) is 16.2. The first kappa shape index (κ1) is 55.6. The minimum Gasteiger partial charge on any atom is -0.311 e. The quantitative estimate of drug-likeness (QED) is 0.0794. The molecule has 0 atom stereocenters. The standard InChI is InChI=1S/C82H62N8/c1-9-25-65(26-10-1)85(66-27-11-2-12-28-66)73-43-51-77(52-44-73)89(78-53-45-74(46-54-78)86(67-29-13-3-14-30-67)68-31-15-4-16-32-68)81-59-41-63(61-83-81)64-42-60-82(84-62-64)90(79-55-47-75(48-56-79)87(69-33-17-5-18-34-69)70-35-19-6-20-36-70)80-57-49-76(50-58-80)88(71-37-21-7-22-38-71)72-39-23-8-24-40-72/h1-62H. The summed E-state index contributed by atoms with van der Waals surface area (Å²) in [5.41, 5.74) is 18.5. The minimum absolute atomic E-state index is 0.768. The summed E-state index contributed by atoms with van der Waals surface area (Å²) in [6.45, 7) is 0. The monoisotopic (exact) mass is 1160 g/mol. The van der Waals surface area contributed by atoms with Gasteiger partial charge in [-0.25, -0.2) is 9.97 Å². The van der Waals surface area contributed by atoms with Gasteiger partial charge in [-0.2, -0.15) is 0 Å². The van der Waals surface area contributed by atoms with Crippen LogP contribution in [0.3, 0.4) is 0 Å². The predicted octanol–water partition coefficient (Wildman–Crippen LogP) is 23.0. The molecule has 2 heterocycles. The number of benzene rings is 12. The van der Waals surface area contributed by atoms with Crippen molar-refractivity contribution in [1.29, 1.82) is 0 Å². The van der Waals surface area contributed by atoms with Crippen molar-refractivity contribution in [3.63, 3.8) is 0 Å². The van der Waals surface area contributed by atoms with Gasteiger partial charge in [0, 0.05) is 115 Å². The van der Waals surface area contributed by atoms with Crippen LogP contribution in [0.1, 0.15) is 0 Å². The minimum atomic E-state index is 0.768. The van der Waals surface area contributed by atoms with E-state index in [9.17, 15) is 0 Å². The molecule has 0 bridgehead atoms. The molecule has 0 fully saturated rings. The number of anilines is 18. The molecule has 90 heavy (non-hydrogen) atoms. The maximum Gasteiger partial charge on any atom is 0.137 e. The number of hydrogen-bond acceptors (Lipinski definition) is 8. The Morgan fingerprint density at radius 3 is 0.422 bits per heavy atom. The van der Waals surface area contributed by atoms with Crippen molar-refractivity contribution in [1.82, 2.24) is 9.97 Å². The molecule has 8 heteroatoms. The highest BCUT2D eigenvalue weighted by Crippen LogP contribution is 2.44. The van der Waals surface area contributed by atoms with E-state index >= 15 is 0 Å². The fraction of sp³-hybridized carbons (Fsp3) is 0. The molecule has 0 radical (unpaired) electrons. The molecule has 0 aliphatic heterocycles. The van der Waals surface area contributed by atoms with Gasteiger partial charge in [0.05, 0.1) is 0 Å². The van der Waals surface area contributed by atoms with E-state index in [0.29, 0.717) is 0 Å². The summed E-state index contributed by atoms with van der Waals surface area (Å²) < 4.78 is 0. The highest BCUT2D eigenvalue weighted by atomic mass is 15.2. The third-order valence-electron chi connectivity index (χ3n) is 15.9. The number of pyridine rings is 2. The van der Waals surface area contributed by atoms with Crippen LogP contribution in [0.4, 0.5) is 103 Å². The molecule has 0 spiro atoms. The van der Waals surface area contributed by atoms with E-state index in [1.165, 1.54) is 0 Å². The van der Waals surface area contributed by atoms with Crippen LogP contribution in [0.15, 0.2) is 376 Å². The van der Waals surface area contributed by atoms with E-state index in [2.05, 4.69) is 393 Å². The van der Waals surface area contributed by atoms with E-state index in [-0.39, 0.29) is 0 Å². The van der Waals surface area contributed by atoms with Crippen LogP contribution in [-0.4, -0.2) is 9.97 Å². The molecule has 0 unspecified atom stereocenters. The highest BCUT2D eigenvalue weighted by Gasteiger charge is 2.22. The molecule has 14 aromatic rings. The van der Waals surface area contributed by atoms with Crippen LogP contribution in [0, 0.1) is 0 Å². The molecule has 0 N–H and O–H groups in total. The summed E-state index contributed by atoms with van der Waals surface area (Å²) >= 11 is 0. The zero-order valence-electron chi connectivity index (χ0n) is 49.4. The van der Waals surface area contributed by atoms with Gasteiger partial charge in [0.1, 0.15) is 11.6 Å². The average molecular weight is 1160 g/mol. The molecule has 0 aliphatic rings. The van der Waals surface area contributed by atoms with E-state index in [1.54, 1.807) is 0 Å². The van der Waals surface area contributed by atoms with E-state index in [0.717, 1.165) is 114 Å². The van der Waals surface area contributed by atoms with E-state index in [1.807, 2.05) is 12.4 Å². The fourth-order valence-corrected chi connectivity index (χ4v) is 11.6. The lowest BCUT2D eigenvalue weighted by Gasteiger charge is -2.29. The van der Waals surface area contributed by atoms with Crippen molar-refractivity contribution in [3.05, 3.63) is 376 Å². The smallest absolute Gasteiger partial charge is 0.137 e. The molecule has 0 amide bonds. The molecule has 8 nitrogen and oxygen atoms in total. The Balaban J connectivity index is 0.812. The Morgan fingerprint density at radius 2 is 0.278 bits per heavy atom. The summed E-state index contributed by atoms with van der Waals surface area (Å²) in [5.74, 6) is 1.54. The third-order valence-corrected chi connectivity index (χ3v) is 15.9. The van der Waals surface area contributed by atoms with E-state index in [4.69, 9.17) is 9.97 Å². The van der Waals surface area contributed by atoms with Crippen molar-refractivity contribution in [2.45, 2.75) is 0 Å². The SMILES string of the molecule is c1ccc(N(c2ccccc2)c2ccc(N(c3ccc(N(c4ccccc4)c4ccccc4)cc3)c3ccc(-c4ccc(N(c5ccc(N(c6ccccc6)c6ccccc6)cc5)c5ccc(N(c6ccccc6)c6ccccc6)cc5)nc4)cn3)cc2)cc1. The van der Waals surface area contributed by atoms with Crippen LogP contribution in [-0.2, 0) is 0 Å². The molecule has 2 aromatic heterocycles. The normalized spacial score (nSPS) is 10.9. The highest BCUT2D eigenvalue weighted by molar-refractivity contribution is 5.86. The lowest BCUT2D eigenvalue weighted by molar-refractivity contribution is 1.16. The average Bonchev–Trinajstić information content (AvgIpc) is 1.70. The number of nitrogens with zero attached hydrogens (tertiary/aromatic N) is 8. The molecule has 0 aliphatic carbocycles. The molecule has 430 valence electrons. The number of aromatic nitrogens is 2. The zero-order valence-corrected chi connectivity index (χ0v) is 49.4. The summed E-state index contributed by atoms with van der Waals surface area (Å²) in [5, 5.41) is 0. The predicted molar refractivity (Wildman–Crippen MR) is 376 cm³/mol. The lowest BCUT2D eigenvalue weighted by Crippen LogP contribution is -2.14. The van der Waals surface area contributed by atoms with Crippen molar-refractivity contribution in [2.75, 3.05) is 29.4 Å². The number of rotatable bonds is 19. The van der Waals surface area contributed by atoms with Gasteiger partial charge in [-0.1, -0.05) is 146 Å². The summed E-state index contributed by atoms with van der Waals surface area (Å²) in [4.78, 5) is 24.1. The molecule has 12 aromatic carbocycles. The van der Waals surface area contributed by atoms with Gasteiger partial charge in [0.15, 0.2) is 0 Å². The maximum atomic E-state index is 5.26. The van der Waals surface area contributed by atoms with Gasteiger partial charge in [-0.15, -0.1) is 0 Å². The Hall–Kier alpha value is -12.3. The first-order valence-electron chi connectivity index (χ1n) is 30.2. The van der Waals surface area contributed by atoms with Gasteiger partial charge in [0.2, 0.25) is 0 Å². The van der Waals surface area contributed by atoms with Crippen molar-refractivity contribution in [2.24, 2.45) is 0 Å². The van der Waals surface area contributed by atoms with Crippen LogP contribution in [0.25, 0.3) is 11.1 Å². The van der Waals surface area contributed by atoms with Crippen LogP contribution >= 0.6 is 0 Å². The second kappa shape index (κ2) is 26.2. The topological polar surface area (TPSA) is 45.2 Å². The second-order valence-electron chi connectivity index (χ2n) is 21.6. The molecule has 14 rings (SSSR count). The first-order chi connectivity index (χ1) is 44.7. The maximum absolute atomic E-state index is 5.26. The van der Waals surface area contributed by atoms with Gasteiger partial charge in [-0.3, -0.25) is 9.80 Å². The lowest BCUT2D eigenvalue weighted by atomic mass is 10.1. The molecular weight excluding hydrogens is 1100 g/mol. The fourth-order valence-electron chi connectivity index (χ4n) is 11.6. The largest absolute Gasteiger partial charge is 0.311 e. The summed E-state index contributed by atoms with van der Waals surface area (Å²) in [7, 11) is 0. The Labute approximate surface area is 526 Å². The molecule has 0 saturated carbocycles. The van der Waals surface area contributed by atoms with Crippen molar-refractivity contribution < 1.29 is 0 Å². The van der Waals surface area contributed by atoms with Crippen LogP contribution < -0.4 is 29.4 Å². The van der Waals surface area contributed by atoms with Crippen molar-refractivity contribution >= 4 is 103 Å². The van der Waals surface area contributed by atoms with Gasteiger partial charge in [-0.05, 0) is 218 Å².